The topological polar surface area (TPSA) is 132 Å². The van der Waals surface area contributed by atoms with Crippen molar-refractivity contribution in [1.82, 2.24) is 5.32 Å². The van der Waals surface area contributed by atoms with E-state index in [1.54, 1.807) is 20.8 Å². The zero-order chi connectivity index (χ0) is 16.6. The molecule has 8 nitrogen and oxygen atoms in total. The summed E-state index contributed by atoms with van der Waals surface area (Å²) in [6.45, 7) is 5.11. The first kappa shape index (κ1) is 17.3. The number of amides is 1. The van der Waals surface area contributed by atoms with Crippen LogP contribution in [0.25, 0.3) is 0 Å². The lowest BCUT2D eigenvalue weighted by molar-refractivity contribution is -0.384. The van der Waals surface area contributed by atoms with Crippen LogP contribution < -0.4 is 10.5 Å². The SMILES string of the molecule is CC(C)(C)NC(=O)c1cc([N+](=O)[O-])c(Cl)c(S(N)(=O)=O)c1. The second kappa shape index (κ2) is 5.58. The van der Waals surface area contributed by atoms with Crippen molar-refractivity contribution in [1.29, 1.82) is 0 Å². The van der Waals surface area contributed by atoms with Crippen molar-refractivity contribution in [2.75, 3.05) is 0 Å². The van der Waals surface area contributed by atoms with Gasteiger partial charge in [0.25, 0.3) is 11.6 Å². The van der Waals surface area contributed by atoms with E-state index in [0.29, 0.717) is 0 Å². The highest BCUT2D eigenvalue weighted by Gasteiger charge is 2.27. The minimum atomic E-state index is -4.31. The molecule has 0 aliphatic rings. The number of rotatable bonds is 3. The summed E-state index contributed by atoms with van der Waals surface area (Å²) in [7, 11) is -4.31. The van der Waals surface area contributed by atoms with Crippen LogP contribution in [-0.4, -0.2) is 24.8 Å². The Morgan fingerprint density at radius 3 is 2.29 bits per heavy atom. The van der Waals surface area contributed by atoms with Crippen molar-refractivity contribution in [3.05, 3.63) is 32.8 Å². The fourth-order valence-electron chi connectivity index (χ4n) is 1.47. The number of sulfonamides is 1. The summed E-state index contributed by atoms with van der Waals surface area (Å²) in [5, 5.41) is 17.8. The number of nitrogens with zero attached hydrogens (tertiary/aromatic N) is 1. The van der Waals surface area contributed by atoms with Gasteiger partial charge in [-0.2, -0.15) is 0 Å². The molecule has 0 fully saturated rings. The van der Waals surface area contributed by atoms with E-state index in [2.05, 4.69) is 5.32 Å². The van der Waals surface area contributed by atoms with E-state index >= 15 is 0 Å². The van der Waals surface area contributed by atoms with Crippen LogP contribution in [0.2, 0.25) is 5.02 Å². The maximum atomic E-state index is 12.0. The average molecular weight is 336 g/mol. The van der Waals surface area contributed by atoms with Gasteiger partial charge in [-0.3, -0.25) is 14.9 Å². The van der Waals surface area contributed by atoms with Crippen LogP contribution in [0, 0.1) is 10.1 Å². The number of nitrogens with two attached hydrogens (primary N) is 1. The molecule has 1 amide bonds. The molecule has 0 atom stereocenters. The highest BCUT2D eigenvalue weighted by atomic mass is 35.5. The van der Waals surface area contributed by atoms with Crippen LogP contribution in [0.4, 0.5) is 5.69 Å². The Bertz CT molecular complexity index is 709. The highest BCUT2D eigenvalue weighted by molar-refractivity contribution is 7.89. The number of carbonyl (C=O) groups excluding carboxylic acids is 1. The van der Waals surface area contributed by atoms with Gasteiger partial charge in [0.05, 0.1) is 4.92 Å². The predicted molar refractivity (Wildman–Crippen MR) is 76.7 cm³/mol. The molecular formula is C11H14ClN3O5S. The molecule has 0 aromatic heterocycles. The van der Waals surface area contributed by atoms with Gasteiger partial charge in [0.15, 0.2) is 0 Å². The van der Waals surface area contributed by atoms with E-state index in [1.807, 2.05) is 0 Å². The van der Waals surface area contributed by atoms with E-state index in [1.165, 1.54) is 0 Å². The summed E-state index contributed by atoms with van der Waals surface area (Å²) in [4.78, 5) is 21.4. The third-order valence-corrected chi connectivity index (χ3v) is 3.72. The van der Waals surface area contributed by atoms with Gasteiger partial charge >= 0.3 is 0 Å². The van der Waals surface area contributed by atoms with E-state index in [-0.39, 0.29) is 5.56 Å². The normalized spacial score (nSPS) is 12.0. The first-order valence-corrected chi connectivity index (χ1v) is 7.58. The number of primary sulfonamides is 1. The maximum Gasteiger partial charge on any atom is 0.290 e. The van der Waals surface area contributed by atoms with Gasteiger partial charge in [0, 0.05) is 17.2 Å². The molecule has 116 valence electrons. The van der Waals surface area contributed by atoms with Crippen LogP contribution in [0.1, 0.15) is 31.1 Å². The lowest BCUT2D eigenvalue weighted by Gasteiger charge is -2.20. The Morgan fingerprint density at radius 2 is 1.90 bits per heavy atom. The van der Waals surface area contributed by atoms with E-state index in [4.69, 9.17) is 16.7 Å². The van der Waals surface area contributed by atoms with Gasteiger partial charge in [-0.1, -0.05) is 11.6 Å². The summed E-state index contributed by atoms with van der Waals surface area (Å²) < 4.78 is 22.9. The summed E-state index contributed by atoms with van der Waals surface area (Å²) in [6.07, 6.45) is 0. The number of carbonyl (C=O) groups is 1. The average Bonchev–Trinajstić information content (AvgIpc) is 2.24. The molecule has 0 spiro atoms. The Balaban J connectivity index is 3.52. The van der Waals surface area contributed by atoms with Gasteiger partial charge < -0.3 is 5.32 Å². The fourth-order valence-corrected chi connectivity index (χ4v) is 2.61. The van der Waals surface area contributed by atoms with Crippen molar-refractivity contribution < 1.29 is 18.1 Å². The van der Waals surface area contributed by atoms with Crippen molar-refractivity contribution in [3.63, 3.8) is 0 Å². The molecule has 0 saturated heterocycles. The summed E-state index contributed by atoms with van der Waals surface area (Å²) in [5.74, 6) is -0.674. The maximum absolute atomic E-state index is 12.0. The lowest BCUT2D eigenvalue weighted by Crippen LogP contribution is -2.40. The Morgan fingerprint density at radius 1 is 1.38 bits per heavy atom. The number of hydrogen-bond donors (Lipinski definition) is 2. The number of nitro groups is 1. The highest BCUT2D eigenvalue weighted by Crippen LogP contribution is 2.32. The second-order valence-corrected chi connectivity index (χ2v) is 7.22. The second-order valence-electron chi connectivity index (χ2n) is 5.31. The zero-order valence-corrected chi connectivity index (χ0v) is 13.1. The van der Waals surface area contributed by atoms with Crippen LogP contribution in [0.3, 0.4) is 0 Å². The van der Waals surface area contributed by atoms with Gasteiger partial charge in [-0.05, 0) is 26.8 Å². The molecule has 0 radical (unpaired) electrons. The molecular weight excluding hydrogens is 322 g/mol. The molecule has 0 unspecified atom stereocenters. The standard InChI is InChI=1S/C11H14ClN3O5S/c1-11(2,3)14-10(16)6-4-7(15(17)18)9(12)8(5-6)21(13,19)20/h4-5H,1-3H3,(H,14,16)(H2,13,19,20). The zero-order valence-electron chi connectivity index (χ0n) is 11.5. The van der Waals surface area contributed by atoms with E-state index in [9.17, 15) is 23.3 Å². The number of halogens is 1. The molecule has 0 aliphatic heterocycles. The van der Waals surface area contributed by atoms with Crippen LogP contribution >= 0.6 is 11.6 Å². The third-order valence-electron chi connectivity index (χ3n) is 2.27. The first-order chi connectivity index (χ1) is 9.33. The molecule has 0 bridgehead atoms. The molecule has 0 heterocycles. The van der Waals surface area contributed by atoms with Crippen molar-refractivity contribution in [2.24, 2.45) is 5.14 Å². The summed E-state index contributed by atoms with van der Waals surface area (Å²) in [5.41, 5.74) is -1.53. The Kier molecular flexibility index (Phi) is 4.61. The van der Waals surface area contributed by atoms with Crippen LogP contribution in [0.15, 0.2) is 17.0 Å². The number of nitro benzene ring substituents is 1. The molecule has 1 aromatic carbocycles. The predicted octanol–water partition coefficient (Wildman–Crippen LogP) is 1.42. The molecule has 0 aliphatic carbocycles. The number of hydrogen-bond acceptors (Lipinski definition) is 5. The first-order valence-electron chi connectivity index (χ1n) is 5.66. The minimum absolute atomic E-state index is 0.218. The largest absolute Gasteiger partial charge is 0.347 e. The van der Waals surface area contributed by atoms with Gasteiger partial charge in [-0.15, -0.1) is 0 Å². The molecule has 10 heteroatoms. The van der Waals surface area contributed by atoms with E-state index < -0.39 is 42.0 Å². The third kappa shape index (κ3) is 4.38. The van der Waals surface area contributed by atoms with Gasteiger partial charge in [0.1, 0.15) is 9.92 Å². The van der Waals surface area contributed by atoms with Gasteiger partial charge in [-0.25, -0.2) is 13.6 Å². The van der Waals surface area contributed by atoms with Crippen molar-refractivity contribution >= 4 is 33.2 Å². The van der Waals surface area contributed by atoms with Crippen molar-refractivity contribution in [3.8, 4) is 0 Å². The molecule has 1 rings (SSSR count). The van der Waals surface area contributed by atoms with Crippen molar-refractivity contribution in [2.45, 2.75) is 31.2 Å². The number of nitrogens with one attached hydrogen (secondary N) is 1. The molecule has 21 heavy (non-hydrogen) atoms. The lowest BCUT2D eigenvalue weighted by atomic mass is 10.1. The molecule has 0 saturated carbocycles. The van der Waals surface area contributed by atoms with E-state index in [0.717, 1.165) is 12.1 Å². The van der Waals surface area contributed by atoms with Crippen LogP contribution in [-0.2, 0) is 10.0 Å². The fraction of sp³-hybridized carbons (Fsp3) is 0.364. The molecule has 1 aromatic rings. The summed E-state index contributed by atoms with van der Waals surface area (Å²) >= 11 is 5.67. The summed E-state index contributed by atoms with van der Waals surface area (Å²) in [6, 6.07) is 1.81. The minimum Gasteiger partial charge on any atom is -0.347 e. The monoisotopic (exact) mass is 335 g/mol. The Hall–Kier alpha value is -1.71. The van der Waals surface area contributed by atoms with Crippen LogP contribution in [0.5, 0.6) is 0 Å². The Labute approximate surface area is 126 Å². The smallest absolute Gasteiger partial charge is 0.290 e. The quantitative estimate of drug-likeness (QED) is 0.636. The van der Waals surface area contributed by atoms with Gasteiger partial charge in [0.2, 0.25) is 10.0 Å². The number of benzene rings is 1. The molecule has 3 N–H and O–H groups in total.